The summed E-state index contributed by atoms with van der Waals surface area (Å²) in [6, 6.07) is 0. The van der Waals surface area contributed by atoms with E-state index in [2.05, 4.69) is 59.8 Å². The van der Waals surface area contributed by atoms with Gasteiger partial charge in [0, 0.05) is 12.8 Å². The molecular weight excluding hydrogens is 890 g/mol. The van der Waals surface area contributed by atoms with Crippen LogP contribution in [-0.2, 0) is 42.2 Å². The molecule has 0 aromatic rings. The van der Waals surface area contributed by atoms with E-state index in [1.54, 1.807) is 0 Å². The summed E-state index contributed by atoms with van der Waals surface area (Å²) in [4.78, 5) is 49.3. The number of unbranched alkanes of at least 4 members (excludes halogenated alkanes) is 11. The van der Waals surface area contributed by atoms with Gasteiger partial charge in [0.2, 0.25) is 0 Å². The number of ether oxygens (including phenoxy) is 3. The highest BCUT2D eigenvalue weighted by Gasteiger charge is 2.59. The second kappa shape index (κ2) is 29.6. The smallest absolute Gasteiger partial charge is 0.462 e. The maximum atomic E-state index is 13.1. The molecule has 0 bridgehead atoms. The minimum absolute atomic E-state index is 0.0137. The summed E-state index contributed by atoms with van der Waals surface area (Å²) in [6.07, 6.45) is 33.6. The van der Waals surface area contributed by atoms with Gasteiger partial charge in [0.05, 0.1) is 40.6 Å². The van der Waals surface area contributed by atoms with Crippen molar-refractivity contribution in [3.8, 4) is 0 Å². The summed E-state index contributed by atoms with van der Waals surface area (Å²) in [5, 5.41) is 0. The first-order valence-electron chi connectivity index (χ1n) is 28.1. The summed E-state index contributed by atoms with van der Waals surface area (Å²) in [5.74, 6) is 3.04. The van der Waals surface area contributed by atoms with E-state index in [1.807, 2.05) is 21.1 Å². The van der Waals surface area contributed by atoms with E-state index in [0.29, 0.717) is 28.8 Å². The molecule has 0 saturated heterocycles. The van der Waals surface area contributed by atoms with Crippen molar-refractivity contribution in [2.75, 3.05) is 47.5 Å². The number of hydrogen-bond acceptors (Lipinski definition) is 9. The number of quaternary nitrogens is 1. The highest BCUT2D eigenvalue weighted by atomic mass is 31.2. The van der Waals surface area contributed by atoms with Crippen LogP contribution in [0.5, 0.6) is 0 Å². The standard InChI is InChI=1S/C57H100NO10P/c1-10-11-12-13-14-15-16-17-18-19-20-21-22-23-24-28-54(60)68-48(43-66-69(62,63)65-40-39-58(7,8)9)42-64-53(59)33-34-55(61)67-47-35-37-56(5)46(41-47)29-30-49-51-32-31-50(45(4)27-25-26-44(2)3)57(51,6)38-36-52(49)56/h16-17,29,44-45,47-52H,10-15,18-28,30-43H2,1-9H3/p+1/b17-16+/t45-,47?,48?,49+,50-,51+,52+,56+,57-/m0/s1. The number of carbonyl (C=O) groups excluding carboxylic acids is 3. The quantitative estimate of drug-likeness (QED) is 0.0166. The first-order chi connectivity index (χ1) is 32.8. The summed E-state index contributed by atoms with van der Waals surface area (Å²) >= 11 is 0. The Hall–Kier alpha value is -2.04. The van der Waals surface area contributed by atoms with Crippen LogP contribution in [0.4, 0.5) is 0 Å². The maximum Gasteiger partial charge on any atom is 0.472 e. The number of esters is 3. The normalized spacial score (nSPS) is 27.5. The van der Waals surface area contributed by atoms with Crippen molar-refractivity contribution in [2.24, 2.45) is 46.3 Å². The van der Waals surface area contributed by atoms with Crippen LogP contribution in [0.1, 0.15) is 215 Å². The zero-order valence-electron chi connectivity index (χ0n) is 45.3. The highest BCUT2D eigenvalue weighted by Crippen LogP contribution is 2.67. The molecule has 3 unspecified atom stereocenters. The Bertz CT molecular complexity index is 1660. The van der Waals surface area contributed by atoms with E-state index < -0.39 is 38.4 Å². The van der Waals surface area contributed by atoms with Crippen LogP contribution in [0.2, 0.25) is 0 Å². The molecule has 3 saturated carbocycles. The molecule has 69 heavy (non-hydrogen) atoms. The molecule has 0 amide bonds. The number of phosphoric acid groups is 1. The highest BCUT2D eigenvalue weighted by molar-refractivity contribution is 7.47. The lowest BCUT2D eigenvalue weighted by molar-refractivity contribution is -0.870. The minimum Gasteiger partial charge on any atom is -0.462 e. The lowest BCUT2D eigenvalue weighted by Crippen LogP contribution is -2.51. The van der Waals surface area contributed by atoms with E-state index >= 15 is 0 Å². The van der Waals surface area contributed by atoms with Crippen LogP contribution in [0.25, 0.3) is 0 Å². The molecule has 0 aliphatic heterocycles. The van der Waals surface area contributed by atoms with Crippen LogP contribution in [-0.4, -0.2) is 87.0 Å². The van der Waals surface area contributed by atoms with Crippen molar-refractivity contribution in [3.05, 3.63) is 23.8 Å². The average molecular weight is 991 g/mol. The minimum atomic E-state index is -4.47. The molecule has 4 aliphatic rings. The van der Waals surface area contributed by atoms with Gasteiger partial charge in [0.25, 0.3) is 0 Å². The van der Waals surface area contributed by atoms with Crippen molar-refractivity contribution in [1.82, 2.24) is 0 Å². The summed E-state index contributed by atoms with van der Waals surface area (Å²) in [7, 11) is 1.33. The number of phosphoric ester groups is 1. The van der Waals surface area contributed by atoms with Gasteiger partial charge in [-0.3, -0.25) is 23.4 Å². The number of likely N-dealkylation sites (N-methyl/N-ethyl adjacent to an activating group) is 1. The average Bonchev–Trinajstić information content (AvgIpc) is 3.64. The lowest BCUT2D eigenvalue weighted by Gasteiger charge is -2.58. The van der Waals surface area contributed by atoms with Crippen LogP contribution in [0.15, 0.2) is 23.8 Å². The van der Waals surface area contributed by atoms with Crippen molar-refractivity contribution >= 4 is 25.7 Å². The molecule has 0 radical (unpaired) electrons. The molecule has 4 aliphatic carbocycles. The monoisotopic (exact) mass is 991 g/mol. The Labute approximate surface area is 420 Å². The summed E-state index contributed by atoms with van der Waals surface area (Å²) in [6.45, 7) is 14.2. The molecule has 1 N–H and O–H groups in total. The van der Waals surface area contributed by atoms with Gasteiger partial charge in [-0.1, -0.05) is 136 Å². The second-order valence-corrected chi connectivity index (χ2v) is 25.3. The van der Waals surface area contributed by atoms with Gasteiger partial charge in [-0.15, -0.1) is 0 Å². The summed E-state index contributed by atoms with van der Waals surface area (Å²) < 4.78 is 40.6. The third-order valence-corrected chi connectivity index (χ3v) is 17.9. The van der Waals surface area contributed by atoms with E-state index in [-0.39, 0.29) is 44.0 Å². The van der Waals surface area contributed by atoms with Crippen LogP contribution in [0.3, 0.4) is 0 Å². The molecule has 0 aromatic carbocycles. The van der Waals surface area contributed by atoms with Gasteiger partial charge in [0.15, 0.2) is 6.10 Å². The molecule has 3 fully saturated rings. The number of nitrogens with zero attached hydrogens (tertiary/aromatic N) is 1. The zero-order chi connectivity index (χ0) is 50.5. The van der Waals surface area contributed by atoms with Gasteiger partial charge < -0.3 is 23.6 Å². The molecular formula is C57H101NO10P+. The molecule has 398 valence electrons. The third kappa shape index (κ3) is 20.4. The predicted molar refractivity (Wildman–Crippen MR) is 277 cm³/mol. The number of hydrogen-bond donors (Lipinski definition) is 1. The molecule has 11 nitrogen and oxygen atoms in total. The number of rotatable bonds is 34. The Kier molecular flexibility index (Phi) is 25.5. The topological polar surface area (TPSA) is 135 Å². The number of fused-ring (bicyclic) bond motifs is 5. The van der Waals surface area contributed by atoms with Crippen LogP contribution < -0.4 is 0 Å². The summed E-state index contributed by atoms with van der Waals surface area (Å²) in [5.41, 5.74) is 2.05. The van der Waals surface area contributed by atoms with E-state index in [9.17, 15) is 23.8 Å². The van der Waals surface area contributed by atoms with Gasteiger partial charge in [-0.2, -0.15) is 0 Å². The fourth-order valence-corrected chi connectivity index (χ4v) is 13.5. The van der Waals surface area contributed by atoms with E-state index in [4.69, 9.17) is 23.3 Å². The first kappa shape index (κ1) is 59.5. The molecule has 0 heterocycles. The predicted octanol–water partition coefficient (Wildman–Crippen LogP) is 14.1. The first-order valence-corrected chi connectivity index (χ1v) is 29.6. The van der Waals surface area contributed by atoms with Crippen LogP contribution >= 0.6 is 7.82 Å². The molecule has 10 atom stereocenters. The van der Waals surface area contributed by atoms with E-state index in [1.165, 1.54) is 95.5 Å². The number of carbonyl (C=O) groups is 3. The molecule has 0 aromatic heterocycles. The largest absolute Gasteiger partial charge is 0.472 e. The number of allylic oxidation sites excluding steroid dienone is 3. The Morgan fingerprint density at radius 2 is 1.43 bits per heavy atom. The SMILES string of the molecule is CCCCCCC/C=C/CCCCCCCCC(=O)OC(COC(=O)CCC(=O)OC1CC[C@]2(C)C(=CC[C@@H]3[C@H]4CC[C@@H]([C@@H](C)CCCC(C)C)[C@]4(C)CC[C@H]32)C1)COP(=O)(O)OCC[N+](C)(C)C. The fraction of sp³-hybridized carbons (Fsp3) is 0.877. The van der Waals surface area contributed by atoms with Gasteiger partial charge in [-0.25, -0.2) is 4.57 Å². The van der Waals surface area contributed by atoms with Crippen LogP contribution in [0, 0.1) is 46.3 Å². The second-order valence-electron chi connectivity index (χ2n) is 23.9. The van der Waals surface area contributed by atoms with Crippen molar-refractivity contribution in [2.45, 2.75) is 227 Å². The zero-order valence-corrected chi connectivity index (χ0v) is 46.2. The van der Waals surface area contributed by atoms with E-state index in [0.717, 1.165) is 87.4 Å². The molecule has 12 heteroatoms. The third-order valence-electron chi connectivity index (χ3n) is 16.9. The molecule has 0 spiro atoms. The Morgan fingerprint density at radius 1 is 0.768 bits per heavy atom. The lowest BCUT2D eigenvalue weighted by atomic mass is 9.47. The fourth-order valence-electron chi connectivity index (χ4n) is 12.8. The van der Waals surface area contributed by atoms with Gasteiger partial charge >= 0.3 is 25.7 Å². The van der Waals surface area contributed by atoms with Crippen molar-refractivity contribution < 1.29 is 51.6 Å². The Morgan fingerprint density at radius 3 is 2.12 bits per heavy atom. The Balaban J connectivity index is 1.18. The van der Waals surface area contributed by atoms with Crippen molar-refractivity contribution in [1.29, 1.82) is 0 Å². The maximum absolute atomic E-state index is 13.1. The van der Waals surface area contributed by atoms with Gasteiger partial charge in [-0.05, 0) is 123 Å². The van der Waals surface area contributed by atoms with Gasteiger partial charge in [0.1, 0.15) is 25.9 Å². The van der Waals surface area contributed by atoms with Crippen molar-refractivity contribution in [3.63, 3.8) is 0 Å². The molecule has 4 rings (SSSR count).